The fourth-order valence-corrected chi connectivity index (χ4v) is 3.61. The van der Waals surface area contributed by atoms with E-state index >= 15 is 0 Å². The predicted molar refractivity (Wildman–Crippen MR) is 115 cm³/mol. The Morgan fingerprint density at radius 3 is 1.73 bits per heavy atom. The minimum atomic E-state index is -0.000749. The van der Waals surface area contributed by atoms with Gasteiger partial charge in [-0.1, -0.05) is 117 Å². The van der Waals surface area contributed by atoms with Crippen molar-refractivity contribution >= 4 is 5.97 Å². The Balaban J connectivity index is 3.39. The topological polar surface area (TPSA) is 26.3 Å². The second kappa shape index (κ2) is 20.8. The molecule has 0 amide bonds. The normalized spacial score (nSPS) is 12.3. The van der Waals surface area contributed by atoms with Gasteiger partial charge < -0.3 is 4.74 Å². The molecule has 0 N–H and O–H groups in total. The molecule has 2 nitrogen and oxygen atoms in total. The summed E-state index contributed by atoms with van der Waals surface area (Å²) in [6.07, 6.45) is 22.8. The smallest absolute Gasteiger partial charge is 0.305 e. The molecular formula is C24H48O2. The first kappa shape index (κ1) is 25.5. The van der Waals surface area contributed by atoms with Gasteiger partial charge in [-0.15, -0.1) is 0 Å². The Morgan fingerprint density at radius 2 is 1.15 bits per heavy atom. The van der Waals surface area contributed by atoms with Crippen LogP contribution in [0.5, 0.6) is 0 Å². The lowest BCUT2D eigenvalue weighted by Crippen LogP contribution is -2.05. The van der Waals surface area contributed by atoms with Crippen LogP contribution < -0.4 is 0 Å². The molecule has 0 aromatic carbocycles. The minimum absolute atomic E-state index is 0.000749. The van der Waals surface area contributed by atoms with E-state index in [9.17, 15) is 4.79 Å². The molecule has 0 radical (unpaired) electrons. The van der Waals surface area contributed by atoms with E-state index in [0.717, 1.165) is 31.6 Å². The number of rotatable bonds is 20. The van der Waals surface area contributed by atoms with Gasteiger partial charge in [-0.3, -0.25) is 4.79 Å². The average Bonchev–Trinajstić information content (AvgIpc) is 2.65. The summed E-state index contributed by atoms with van der Waals surface area (Å²) in [6, 6.07) is 0. The van der Waals surface area contributed by atoms with Crippen LogP contribution in [0, 0.1) is 5.92 Å². The van der Waals surface area contributed by atoms with E-state index in [2.05, 4.69) is 20.8 Å². The highest BCUT2D eigenvalue weighted by molar-refractivity contribution is 5.69. The van der Waals surface area contributed by atoms with Crippen LogP contribution in [0.25, 0.3) is 0 Å². The molecule has 0 aliphatic carbocycles. The van der Waals surface area contributed by atoms with Gasteiger partial charge in [0.05, 0.1) is 6.61 Å². The fourth-order valence-electron chi connectivity index (χ4n) is 3.61. The summed E-state index contributed by atoms with van der Waals surface area (Å²) in [4.78, 5) is 11.5. The lowest BCUT2D eigenvalue weighted by molar-refractivity contribution is -0.143. The Hall–Kier alpha value is -0.530. The van der Waals surface area contributed by atoms with Crippen molar-refractivity contribution in [1.82, 2.24) is 0 Å². The summed E-state index contributed by atoms with van der Waals surface area (Å²) in [7, 11) is 0. The third kappa shape index (κ3) is 18.3. The van der Waals surface area contributed by atoms with Crippen LogP contribution in [0.3, 0.4) is 0 Å². The number of hydrogen-bond acceptors (Lipinski definition) is 2. The first-order valence-corrected chi connectivity index (χ1v) is 11.9. The highest BCUT2D eigenvalue weighted by atomic mass is 16.5. The van der Waals surface area contributed by atoms with Crippen molar-refractivity contribution in [3.05, 3.63) is 0 Å². The van der Waals surface area contributed by atoms with Crippen LogP contribution >= 0.6 is 0 Å². The van der Waals surface area contributed by atoms with Gasteiger partial charge in [0, 0.05) is 6.42 Å². The molecule has 0 saturated carbocycles. The molecule has 0 aromatic heterocycles. The third-order valence-corrected chi connectivity index (χ3v) is 5.55. The quantitative estimate of drug-likeness (QED) is 0.160. The summed E-state index contributed by atoms with van der Waals surface area (Å²) >= 11 is 0. The van der Waals surface area contributed by atoms with Crippen LogP contribution in [-0.2, 0) is 9.53 Å². The molecule has 0 aliphatic rings. The van der Waals surface area contributed by atoms with Gasteiger partial charge in [0.2, 0.25) is 0 Å². The second-order valence-corrected chi connectivity index (χ2v) is 8.06. The van der Waals surface area contributed by atoms with Crippen LogP contribution in [0.15, 0.2) is 0 Å². The number of esters is 1. The van der Waals surface area contributed by atoms with E-state index in [-0.39, 0.29) is 5.97 Å². The maximum absolute atomic E-state index is 11.5. The van der Waals surface area contributed by atoms with E-state index in [4.69, 9.17) is 4.74 Å². The van der Waals surface area contributed by atoms with E-state index < -0.39 is 0 Å². The minimum Gasteiger partial charge on any atom is -0.466 e. The molecule has 0 heterocycles. The molecule has 156 valence electrons. The maximum atomic E-state index is 11.5. The van der Waals surface area contributed by atoms with Crippen molar-refractivity contribution in [1.29, 1.82) is 0 Å². The first-order valence-electron chi connectivity index (χ1n) is 11.9. The molecule has 1 atom stereocenters. The molecule has 0 fully saturated rings. The summed E-state index contributed by atoms with van der Waals surface area (Å²) in [6.45, 7) is 7.42. The summed E-state index contributed by atoms with van der Waals surface area (Å²) in [5, 5.41) is 0. The van der Waals surface area contributed by atoms with Crippen LogP contribution in [-0.4, -0.2) is 12.6 Å². The van der Waals surface area contributed by atoms with E-state index in [0.29, 0.717) is 13.0 Å². The fraction of sp³-hybridized carbons (Fsp3) is 0.958. The molecule has 2 heteroatoms. The predicted octanol–water partition coefficient (Wildman–Crippen LogP) is 8.23. The summed E-state index contributed by atoms with van der Waals surface area (Å²) < 4.78 is 5.30. The lowest BCUT2D eigenvalue weighted by Gasteiger charge is -2.14. The Kier molecular flexibility index (Phi) is 20.4. The Labute approximate surface area is 164 Å². The monoisotopic (exact) mass is 368 g/mol. The summed E-state index contributed by atoms with van der Waals surface area (Å²) in [5.41, 5.74) is 0. The van der Waals surface area contributed by atoms with Gasteiger partial charge in [0.1, 0.15) is 0 Å². The number of hydrogen-bond donors (Lipinski definition) is 0. The zero-order valence-electron chi connectivity index (χ0n) is 18.3. The maximum Gasteiger partial charge on any atom is 0.305 e. The van der Waals surface area contributed by atoms with Crippen LogP contribution in [0.2, 0.25) is 0 Å². The van der Waals surface area contributed by atoms with Gasteiger partial charge >= 0.3 is 5.97 Å². The van der Waals surface area contributed by atoms with Crippen LogP contribution in [0.4, 0.5) is 0 Å². The van der Waals surface area contributed by atoms with Gasteiger partial charge in [0.15, 0.2) is 0 Å². The molecule has 26 heavy (non-hydrogen) atoms. The molecule has 1 unspecified atom stereocenters. The van der Waals surface area contributed by atoms with Crippen molar-refractivity contribution < 1.29 is 9.53 Å². The van der Waals surface area contributed by atoms with Gasteiger partial charge in [0.25, 0.3) is 0 Å². The molecule has 0 aliphatic heterocycles. The average molecular weight is 369 g/mol. The highest BCUT2D eigenvalue weighted by Gasteiger charge is 2.06. The SMILES string of the molecule is CCCCCCCCCC(CC)CCCCCCOC(=O)CCCCC. The van der Waals surface area contributed by atoms with E-state index in [1.54, 1.807) is 0 Å². The van der Waals surface area contributed by atoms with Gasteiger partial charge in [-0.05, 0) is 18.8 Å². The summed E-state index contributed by atoms with van der Waals surface area (Å²) in [5.74, 6) is 0.932. The third-order valence-electron chi connectivity index (χ3n) is 5.55. The zero-order chi connectivity index (χ0) is 19.3. The standard InChI is InChI=1S/C24H48O2/c1-4-7-9-10-11-12-16-19-23(6-3)20-17-13-14-18-22-26-24(25)21-15-8-5-2/h23H,4-22H2,1-3H3. The number of unbranched alkanes of at least 4 members (excludes halogenated alkanes) is 11. The van der Waals surface area contributed by atoms with E-state index in [1.807, 2.05) is 0 Å². The van der Waals surface area contributed by atoms with E-state index in [1.165, 1.54) is 83.5 Å². The molecule has 0 rings (SSSR count). The number of carbonyl (C=O) groups is 1. The molecule has 0 aromatic rings. The first-order chi connectivity index (χ1) is 12.7. The Bertz CT molecular complexity index is 288. The van der Waals surface area contributed by atoms with Crippen molar-refractivity contribution in [2.24, 2.45) is 5.92 Å². The lowest BCUT2D eigenvalue weighted by atomic mass is 9.92. The zero-order valence-corrected chi connectivity index (χ0v) is 18.3. The van der Waals surface area contributed by atoms with Crippen molar-refractivity contribution in [3.8, 4) is 0 Å². The van der Waals surface area contributed by atoms with Crippen molar-refractivity contribution in [2.45, 2.75) is 136 Å². The number of carbonyl (C=O) groups excluding carboxylic acids is 1. The van der Waals surface area contributed by atoms with Gasteiger partial charge in [-0.2, -0.15) is 0 Å². The van der Waals surface area contributed by atoms with Gasteiger partial charge in [-0.25, -0.2) is 0 Å². The van der Waals surface area contributed by atoms with Crippen molar-refractivity contribution in [3.63, 3.8) is 0 Å². The van der Waals surface area contributed by atoms with Crippen LogP contribution in [0.1, 0.15) is 136 Å². The Morgan fingerprint density at radius 1 is 0.654 bits per heavy atom. The van der Waals surface area contributed by atoms with Crippen molar-refractivity contribution in [2.75, 3.05) is 6.61 Å². The highest BCUT2D eigenvalue weighted by Crippen LogP contribution is 2.21. The molecule has 0 saturated heterocycles. The molecule has 0 spiro atoms. The molecular weight excluding hydrogens is 320 g/mol. The molecule has 0 bridgehead atoms. The largest absolute Gasteiger partial charge is 0.466 e. The second-order valence-electron chi connectivity index (χ2n) is 8.06. The number of ether oxygens (including phenoxy) is 1.